The molecule has 0 amide bonds. The monoisotopic (exact) mass is 409 g/mol. The lowest BCUT2D eigenvalue weighted by Gasteiger charge is -2.33. The van der Waals surface area contributed by atoms with Crippen molar-refractivity contribution in [1.29, 1.82) is 0 Å². The molecule has 0 spiro atoms. The zero-order chi connectivity index (χ0) is 21.4. The van der Waals surface area contributed by atoms with Gasteiger partial charge in [-0.1, -0.05) is 48.5 Å². The van der Waals surface area contributed by atoms with E-state index in [1.807, 2.05) is 48.5 Å². The molecule has 1 aromatic heterocycles. The Bertz CT molecular complexity index is 1210. The summed E-state index contributed by atoms with van der Waals surface area (Å²) in [4.78, 5) is 19.6. The molecule has 4 heteroatoms. The first-order chi connectivity index (χ1) is 15.2. The van der Waals surface area contributed by atoms with Gasteiger partial charge in [0.05, 0.1) is 11.0 Å². The van der Waals surface area contributed by atoms with Crippen molar-refractivity contribution in [3.8, 4) is 5.69 Å². The predicted molar refractivity (Wildman–Crippen MR) is 126 cm³/mol. The molecule has 2 unspecified atom stereocenters. The Kier molecular flexibility index (Phi) is 5.06. The molecule has 0 fully saturated rings. The van der Waals surface area contributed by atoms with E-state index in [4.69, 9.17) is 4.98 Å². The van der Waals surface area contributed by atoms with E-state index in [0.29, 0.717) is 12.5 Å². The third-order valence-electron chi connectivity index (χ3n) is 6.64. The smallest absolute Gasteiger partial charge is 0.127 e. The lowest BCUT2D eigenvalue weighted by atomic mass is 9.96. The van der Waals surface area contributed by atoms with E-state index in [1.54, 1.807) is 0 Å². The molecule has 0 bridgehead atoms. The van der Waals surface area contributed by atoms with Crippen LogP contribution >= 0.6 is 0 Å². The highest BCUT2D eigenvalue weighted by molar-refractivity contribution is 5.87. The van der Waals surface area contributed by atoms with Crippen LogP contribution in [0.5, 0.6) is 0 Å². The standard InChI is InChI=1S/C27H27N3O/c1-19-13-14-23-24(29(19)2)15-16-25-27(23)28-26(30(25)22-11-7-4-8-12-22)17-21(18-31)20-9-5-3-6-10-20/h3-12,15-16,18-19,21H,13-14,17H2,1-2H3. The van der Waals surface area contributed by atoms with Gasteiger partial charge in [0.1, 0.15) is 12.1 Å². The summed E-state index contributed by atoms with van der Waals surface area (Å²) in [7, 11) is 2.17. The van der Waals surface area contributed by atoms with E-state index >= 15 is 0 Å². The van der Waals surface area contributed by atoms with Crippen LogP contribution < -0.4 is 4.90 Å². The highest BCUT2D eigenvalue weighted by Gasteiger charge is 2.26. The van der Waals surface area contributed by atoms with E-state index in [0.717, 1.165) is 47.2 Å². The van der Waals surface area contributed by atoms with Crippen molar-refractivity contribution < 1.29 is 4.79 Å². The molecule has 1 aliphatic heterocycles. The van der Waals surface area contributed by atoms with Crippen LogP contribution in [0.4, 0.5) is 5.69 Å². The number of para-hydroxylation sites is 1. The normalized spacial score (nSPS) is 16.8. The Morgan fingerprint density at radius 1 is 1.03 bits per heavy atom. The van der Waals surface area contributed by atoms with Gasteiger partial charge >= 0.3 is 0 Å². The molecule has 4 aromatic rings. The number of fused-ring (bicyclic) bond motifs is 3. The Morgan fingerprint density at radius 3 is 2.45 bits per heavy atom. The Balaban J connectivity index is 1.69. The summed E-state index contributed by atoms with van der Waals surface area (Å²) in [6.07, 6.45) is 3.77. The lowest BCUT2D eigenvalue weighted by molar-refractivity contribution is -0.109. The van der Waals surface area contributed by atoms with Gasteiger partial charge in [0, 0.05) is 42.4 Å². The van der Waals surface area contributed by atoms with Crippen molar-refractivity contribution >= 4 is 23.0 Å². The fourth-order valence-electron chi connectivity index (χ4n) is 4.74. The molecule has 4 nitrogen and oxygen atoms in total. The van der Waals surface area contributed by atoms with Crippen molar-refractivity contribution in [2.75, 3.05) is 11.9 Å². The highest BCUT2D eigenvalue weighted by Crippen LogP contribution is 2.36. The molecule has 3 aromatic carbocycles. The molecule has 0 radical (unpaired) electrons. The van der Waals surface area contributed by atoms with Crippen LogP contribution in [0, 0.1) is 0 Å². The van der Waals surface area contributed by atoms with Gasteiger partial charge in [-0.25, -0.2) is 4.98 Å². The van der Waals surface area contributed by atoms with Gasteiger partial charge in [-0.05, 0) is 49.6 Å². The van der Waals surface area contributed by atoms with Gasteiger partial charge in [0.2, 0.25) is 0 Å². The van der Waals surface area contributed by atoms with Crippen LogP contribution in [0.3, 0.4) is 0 Å². The Morgan fingerprint density at radius 2 is 1.74 bits per heavy atom. The topological polar surface area (TPSA) is 38.1 Å². The number of rotatable bonds is 5. The quantitative estimate of drug-likeness (QED) is 0.419. The van der Waals surface area contributed by atoms with Crippen LogP contribution in [0.1, 0.15) is 36.2 Å². The zero-order valence-corrected chi connectivity index (χ0v) is 18.0. The number of carbonyl (C=O) groups is 1. The summed E-state index contributed by atoms with van der Waals surface area (Å²) in [5.74, 6) is 0.704. The zero-order valence-electron chi connectivity index (χ0n) is 18.0. The number of benzene rings is 3. The third-order valence-corrected chi connectivity index (χ3v) is 6.64. The Labute approximate surface area is 183 Å². The minimum Gasteiger partial charge on any atom is -0.372 e. The molecule has 0 saturated carbocycles. The number of anilines is 1. The second-order valence-electron chi connectivity index (χ2n) is 8.49. The van der Waals surface area contributed by atoms with Crippen LogP contribution in [-0.2, 0) is 17.6 Å². The average molecular weight is 410 g/mol. The van der Waals surface area contributed by atoms with E-state index in [1.165, 1.54) is 11.3 Å². The molecule has 0 saturated heterocycles. The van der Waals surface area contributed by atoms with E-state index in [9.17, 15) is 4.79 Å². The maximum absolute atomic E-state index is 12.0. The van der Waals surface area contributed by atoms with Crippen molar-refractivity contribution in [2.24, 2.45) is 0 Å². The maximum atomic E-state index is 12.0. The molecule has 0 aliphatic carbocycles. The minimum atomic E-state index is -0.223. The molecule has 0 N–H and O–H groups in total. The number of nitrogens with zero attached hydrogens (tertiary/aromatic N) is 3. The first kappa shape index (κ1) is 19.6. The van der Waals surface area contributed by atoms with E-state index < -0.39 is 0 Å². The van der Waals surface area contributed by atoms with Crippen molar-refractivity contribution in [2.45, 2.75) is 38.1 Å². The molecule has 156 valence electrons. The predicted octanol–water partition coefficient (Wildman–Crippen LogP) is 5.32. The summed E-state index contributed by atoms with van der Waals surface area (Å²) < 4.78 is 2.23. The van der Waals surface area contributed by atoms with Gasteiger partial charge in [-0.15, -0.1) is 0 Å². The molecule has 1 aliphatic rings. The highest BCUT2D eigenvalue weighted by atomic mass is 16.1. The van der Waals surface area contributed by atoms with E-state index in [2.05, 4.69) is 47.7 Å². The second-order valence-corrected chi connectivity index (χ2v) is 8.49. The van der Waals surface area contributed by atoms with Crippen molar-refractivity contribution in [1.82, 2.24) is 9.55 Å². The number of aromatic nitrogens is 2. The van der Waals surface area contributed by atoms with Crippen LogP contribution in [-0.4, -0.2) is 28.9 Å². The molecular formula is C27H27N3O. The van der Waals surface area contributed by atoms with Crippen molar-refractivity contribution in [3.05, 3.63) is 89.7 Å². The summed E-state index contributed by atoms with van der Waals surface area (Å²) in [5, 5.41) is 0. The van der Waals surface area contributed by atoms with Crippen LogP contribution in [0.15, 0.2) is 72.8 Å². The summed E-state index contributed by atoms with van der Waals surface area (Å²) >= 11 is 0. The van der Waals surface area contributed by atoms with Gasteiger partial charge in [-0.3, -0.25) is 4.57 Å². The molecule has 2 heterocycles. The number of imidazole rings is 1. The first-order valence-electron chi connectivity index (χ1n) is 11.0. The molecular weight excluding hydrogens is 382 g/mol. The van der Waals surface area contributed by atoms with Gasteiger partial charge in [-0.2, -0.15) is 0 Å². The van der Waals surface area contributed by atoms with Gasteiger partial charge in [0.15, 0.2) is 0 Å². The van der Waals surface area contributed by atoms with Gasteiger partial charge < -0.3 is 9.69 Å². The second kappa shape index (κ2) is 8.03. The lowest BCUT2D eigenvalue weighted by Crippen LogP contribution is -2.33. The van der Waals surface area contributed by atoms with Gasteiger partial charge in [0.25, 0.3) is 0 Å². The molecule has 5 rings (SSSR count). The van der Waals surface area contributed by atoms with Crippen LogP contribution in [0.2, 0.25) is 0 Å². The number of aryl methyl sites for hydroxylation is 1. The minimum absolute atomic E-state index is 0.223. The summed E-state index contributed by atoms with van der Waals surface area (Å²) in [5.41, 5.74) is 6.87. The maximum Gasteiger partial charge on any atom is 0.127 e. The number of hydrogen-bond donors (Lipinski definition) is 0. The number of hydrogen-bond acceptors (Lipinski definition) is 3. The summed E-state index contributed by atoms with van der Waals surface area (Å²) in [6, 6.07) is 25.3. The van der Waals surface area contributed by atoms with E-state index in [-0.39, 0.29) is 5.92 Å². The van der Waals surface area contributed by atoms with Crippen molar-refractivity contribution in [3.63, 3.8) is 0 Å². The Hall–Kier alpha value is -3.40. The fraction of sp³-hybridized carbons (Fsp3) is 0.259. The largest absolute Gasteiger partial charge is 0.372 e. The molecule has 2 atom stereocenters. The summed E-state index contributed by atoms with van der Waals surface area (Å²) in [6.45, 7) is 2.27. The molecule has 31 heavy (non-hydrogen) atoms. The first-order valence-corrected chi connectivity index (χ1v) is 11.0. The number of aldehydes is 1. The number of carbonyl (C=O) groups excluding carboxylic acids is 1. The SMILES string of the molecule is CC1CCc2c(ccc3c2nc(CC(C=O)c2ccccc2)n3-c2ccccc2)N1C. The average Bonchev–Trinajstić information content (AvgIpc) is 3.19. The third kappa shape index (κ3) is 3.42. The van der Waals surface area contributed by atoms with Crippen LogP contribution in [0.25, 0.3) is 16.7 Å². The fourth-order valence-corrected chi connectivity index (χ4v) is 4.74.